The van der Waals surface area contributed by atoms with Crippen LogP contribution in [0.25, 0.3) is 22.2 Å². The summed E-state index contributed by atoms with van der Waals surface area (Å²) in [7, 11) is 3.28. The molecule has 4 aromatic rings. The predicted octanol–water partition coefficient (Wildman–Crippen LogP) is 4.11. The van der Waals surface area contributed by atoms with E-state index in [4.69, 9.17) is 4.52 Å². The molecule has 0 radical (unpaired) electrons. The van der Waals surface area contributed by atoms with E-state index in [2.05, 4.69) is 31.1 Å². The molecule has 0 aliphatic rings. The smallest absolute Gasteiger partial charge is 0.325 e. The Morgan fingerprint density at radius 3 is 2.59 bits per heavy atom. The van der Waals surface area contributed by atoms with Gasteiger partial charge >= 0.3 is 6.03 Å². The first-order chi connectivity index (χ1) is 16.1. The van der Waals surface area contributed by atoms with Crippen molar-refractivity contribution in [3.63, 3.8) is 0 Å². The van der Waals surface area contributed by atoms with E-state index < -0.39 is 11.8 Å². The van der Waals surface area contributed by atoms with Crippen molar-refractivity contribution in [2.75, 3.05) is 23.0 Å². The number of nitrogens with zero attached hydrogens (tertiary/aromatic N) is 4. The van der Waals surface area contributed by atoms with Gasteiger partial charge in [-0.15, -0.1) is 0 Å². The molecule has 0 spiro atoms. The van der Waals surface area contributed by atoms with Gasteiger partial charge in [0.2, 0.25) is 5.95 Å². The number of rotatable bonds is 4. The van der Waals surface area contributed by atoms with Crippen LogP contribution in [0.5, 0.6) is 0 Å². The van der Waals surface area contributed by atoms with Crippen molar-refractivity contribution in [3.05, 3.63) is 58.5 Å². The normalized spacial score (nSPS) is 11.5. The van der Waals surface area contributed by atoms with Crippen molar-refractivity contribution in [3.8, 4) is 11.1 Å². The van der Waals surface area contributed by atoms with Crippen molar-refractivity contribution >= 4 is 34.5 Å². The molecule has 3 heterocycles. The van der Waals surface area contributed by atoms with E-state index in [0.717, 1.165) is 0 Å². The first-order valence-electron chi connectivity index (χ1n) is 10.5. The van der Waals surface area contributed by atoms with Crippen LogP contribution in [0.2, 0.25) is 0 Å². The first-order valence-corrected chi connectivity index (χ1v) is 10.5. The average Bonchev–Trinajstić information content (AvgIpc) is 3.26. The summed E-state index contributed by atoms with van der Waals surface area (Å²) in [5.41, 5.74) is 0.482. The van der Waals surface area contributed by atoms with Gasteiger partial charge in [-0.25, -0.2) is 14.2 Å². The highest BCUT2D eigenvalue weighted by Crippen LogP contribution is 2.26. The maximum atomic E-state index is 14.5. The molecule has 11 heteroatoms. The number of pyridine rings is 1. The molecular weight excluding hydrogens is 441 g/mol. The van der Waals surface area contributed by atoms with Crippen molar-refractivity contribution in [1.82, 2.24) is 19.7 Å². The molecule has 2 amide bonds. The summed E-state index contributed by atoms with van der Waals surface area (Å²) in [4.78, 5) is 33.9. The van der Waals surface area contributed by atoms with Gasteiger partial charge in [-0.3, -0.25) is 14.7 Å². The lowest BCUT2D eigenvalue weighted by Gasteiger charge is -2.12. The van der Waals surface area contributed by atoms with E-state index in [1.807, 2.05) is 20.8 Å². The van der Waals surface area contributed by atoms with Crippen LogP contribution in [0.4, 0.5) is 26.6 Å². The Hall–Kier alpha value is -4.28. The third-order valence-corrected chi connectivity index (χ3v) is 5.19. The van der Waals surface area contributed by atoms with E-state index in [1.165, 1.54) is 22.8 Å². The number of carbonyl (C=O) groups excluding carboxylic acids is 1. The zero-order chi connectivity index (χ0) is 24.6. The molecule has 1 aromatic carbocycles. The van der Waals surface area contributed by atoms with Crippen LogP contribution >= 0.6 is 0 Å². The molecule has 0 atom stereocenters. The number of anilines is 3. The highest BCUT2D eigenvalue weighted by atomic mass is 19.1. The fraction of sp³-hybridized carbons (Fsp3) is 0.261. The Morgan fingerprint density at radius 2 is 1.91 bits per heavy atom. The van der Waals surface area contributed by atoms with Crippen LogP contribution in [0.3, 0.4) is 0 Å². The quantitative estimate of drug-likeness (QED) is 0.414. The highest BCUT2D eigenvalue weighted by molar-refractivity contribution is 5.99. The van der Waals surface area contributed by atoms with Crippen molar-refractivity contribution in [1.29, 1.82) is 0 Å². The van der Waals surface area contributed by atoms with Gasteiger partial charge in [-0.1, -0.05) is 32.0 Å². The summed E-state index contributed by atoms with van der Waals surface area (Å²) in [6, 6.07) is 6.58. The number of benzene rings is 1. The molecule has 34 heavy (non-hydrogen) atoms. The van der Waals surface area contributed by atoms with E-state index in [1.54, 1.807) is 32.4 Å². The van der Waals surface area contributed by atoms with Gasteiger partial charge in [0.15, 0.2) is 5.82 Å². The average molecular weight is 465 g/mol. The first kappa shape index (κ1) is 22.9. The Kier molecular flexibility index (Phi) is 5.78. The minimum absolute atomic E-state index is 0.0986. The summed E-state index contributed by atoms with van der Waals surface area (Å²) < 4.78 is 21.1. The number of hydrogen-bond acceptors (Lipinski definition) is 7. The van der Waals surface area contributed by atoms with Crippen LogP contribution in [0.1, 0.15) is 26.5 Å². The van der Waals surface area contributed by atoms with Gasteiger partial charge in [0.1, 0.15) is 17.2 Å². The van der Waals surface area contributed by atoms with Crippen molar-refractivity contribution in [2.24, 2.45) is 7.05 Å². The molecule has 0 fully saturated rings. The SMILES string of the molecule is CNc1ncc2cc(-c3ccc(F)c(NC(=O)Nc4cc(C(C)(C)C)on4)c3)c(=O)n(C)c2n1. The minimum atomic E-state index is -0.704. The number of fused-ring (bicyclic) bond motifs is 1. The van der Waals surface area contributed by atoms with Gasteiger partial charge in [-0.05, 0) is 23.8 Å². The summed E-state index contributed by atoms with van der Waals surface area (Å²) >= 11 is 0. The number of carbonyl (C=O) groups is 1. The number of hydrogen-bond donors (Lipinski definition) is 3. The molecule has 176 valence electrons. The lowest BCUT2D eigenvalue weighted by Crippen LogP contribution is -2.21. The topological polar surface area (TPSA) is 127 Å². The van der Waals surface area contributed by atoms with Gasteiger partial charge < -0.3 is 15.2 Å². The fourth-order valence-electron chi connectivity index (χ4n) is 3.32. The molecule has 0 aliphatic heterocycles. The number of amides is 2. The van der Waals surface area contributed by atoms with E-state index in [0.29, 0.717) is 33.9 Å². The third kappa shape index (κ3) is 4.45. The Labute approximate surface area is 194 Å². The zero-order valence-electron chi connectivity index (χ0n) is 19.4. The lowest BCUT2D eigenvalue weighted by molar-refractivity contribution is 0.261. The summed E-state index contributed by atoms with van der Waals surface area (Å²) in [5, 5.41) is 12.2. The molecule has 10 nitrogen and oxygen atoms in total. The molecule has 0 aliphatic carbocycles. The Bertz CT molecular complexity index is 1450. The third-order valence-electron chi connectivity index (χ3n) is 5.19. The van der Waals surface area contributed by atoms with Crippen LogP contribution in [0.15, 0.2) is 45.8 Å². The maximum Gasteiger partial charge on any atom is 0.325 e. The van der Waals surface area contributed by atoms with Crippen LogP contribution in [-0.2, 0) is 12.5 Å². The van der Waals surface area contributed by atoms with Crippen LogP contribution < -0.4 is 21.5 Å². The second kappa shape index (κ2) is 8.58. The predicted molar refractivity (Wildman–Crippen MR) is 128 cm³/mol. The molecule has 0 bridgehead atoms. The van der Waals surface area contributed by atoms with Crippen LogP contribution in [-0.4, -0.2) is 32.8 Å². The Balaban J connectivity index is 1.63. The number of halogens is 1. The summed E-state index contributed by atoms with van der Waals surface area (Å²) in [6.45, 7) is 5.84. The molecule has 4 rings (SSSR count). The highest BCUT2D eigenvalue weighted by Gasteiger charge is 2.21. The molecule has 3 aromatic heterocycles. The second-order valence-corrected chi connectivity index (χ2v) is 8.74. The number of urea groups is 1. The summed E-state index contributed by atoms with van der Waals surface area (Å²) in [5.74, 6) is 0.516. The second-order valence-electron chi connectivity index (χ2n) is 8.74. The Morgan fingerprint density at radius 1 is 1.15 bits per heavy atom. The lowest BCUT2D eigenvalue weighted by atomic mass is 9.93. The fourth-order valence-corrected chi connectivity index (χ4v) is 3.32. The number of aromatic nitrogens is 4. The molecular formula is C23H24FN7O3. The maximum absolute atomic E-state index is 14.5. The zero-order valence-corrected chi connectivity index (χ0v) is 19.4. The number of nitrogens with one attached hydrogen (secondary N) is 3. The van der Waals surface area contributed by atoms with E-state index in [9.17, 15) is 14.0 Å². The molecule has 0 unspecified atom stereocenters. The van der Waals surface area contributed by atoms with Gasteiger partial charge in [0, 0.05) is 42.7 Å². The summed E-state index contributed by atoms with van der Waals surface area (Å²) in [6.07, 6.45) is 1.59. The minimum Gasteiger partial charge on any atom is -0.359 e. The van der Waals surface area contributed by atoms with Crippen LogP contribution in [0, 0.1) is 5.82 Å². The van der Waals surface area contributed by atoms with Gasteiger partial charge in [-0.2, -0.15) is 4.98 Å². The van der Waals surface area contributed by atoms with Gasteiger partial charge in [0.25, 0.3) is 5.56 Å². The van der Waals surface area contributed by atoms with Gasteiger partial charge in [0.05, 0.1) is 5.69 Å². The molecule has 0 saturated carbocycles. The van der Waals surface area contributed by atoms with Crippen molar-refractivity contribution in [2.45, 2.75) is 26.2 Å². The van der Waals surface area contributed by atoms with Crippen molar-refractivity contribution < 1.29 is 13.7 Å². The standard InChI is InChI=1S/C23H24FN7O3/c1-23(2,3)17-10-18(30-34-17)28-22(33)27-16-9-12(6-7-15(16)24)14-8-13-11-26-21(25-4)29-19(13)31(5)20(14)32/h6-11H,1-5H3,(H,25,26,29)(H2,27,28,30,33). The molecule has 3 N–H and O–H groups in total. The van der Waals surface area contributed by atoms with E-state index in [-0.39, 0.29) is 22.5 Å². The monoisotopic (exact) mass is 465 g/mol. The molecule has 0 saturated heterocycles. The largest absolute Gasteiger partial charge is 0.359 e. The number of aryl methyl sites for hydroxylation is 1. The van der Waals surface area contributed by atoms with E-state index >= 15 is 0 Å².